The van der Waals surface area contributed by atoms with Gasteiger partial charge in [0.15, 0.2) is 5.11 Å². The van der Waals surface area contributed by atoms with Crippen molar-refractivity contribution in [1.29, 1.82) is 0 Å². The lowest BCUT2D eigenvalue weighted by atomic mass is 10.2. The molecule has 11 heteroatoms. The molecule has 0 amide bonds. The van der Waals surface area contributed by atoms with E-state index in [2.05, 4.69) is 20.2 Å². The first-order valence-corrected chi connectivity index (χ1v) is 13.0. The number of carboxylic acids is 1. The van der Waals surface area contributed by atoms with Gasteiger partial charge in [-0.1, -0.05) is 30.3 Å². The molecule has 200 valence electrons. The third kappa shape index (κ3) is 5.83. The van der Waals surface area contributed by atoms with Crippen molar-refractivity contribution in [2.45, 2.75) is 20.1 Å². The lowest BCUT2D eigenvalue weighted by Crippen LogP contribution is -2.50. The number of aromatic carboxylic acids is 1. The number of rotatable bonds is 7. The first kappa shape index (κ1) is 26.1. The summed E-state index contributed by atoms with van der Waals surface area (Å²) in [7, 11) is 0. The number of nitrogens with zero attached hydrogens (tertiary/aromatic N) is 5. The van der Waals surface area contributed by atoms with E-state index in [-0.39, 0.29) is 10.9 Å². The van der Waals surface area contributed by atoms with Crippen LogP contribution in [0.25, 0.3) is 11.0 Å². The van der Waals surface area contributed by atoms with Gasteiger partial charge in [-0.15, -0.1) is 0 Å². The van der Waals surface area contributed by atoms with E-state index in [9.17, 15) is 14.7 Å². The Morgan fingerprint density at radius 1 is 1.08 bits per heavy atom. The number of ether oxygens (including phenoxy) is 1. The lowest BCUT2D eigenvalue weighted by molar-refractivity contribution is 0.0695. The summed E-state index contributed by atoms with van der Waals surface area (Å²) >= 11 is 5.65. The van der Waals surface area contributed by atoms with Gasteiger partial charge >= 0.3 is 5.97 Å². The average molecular weight is 545 g/mol. The van der Waals surface area contributed by atoms with Crippen LogP contribution in [0, 0.1) is 0 Å². The molecule has 4 aromatic rings. The van der Waals surface area contributed by atoms with E-state index in [0.29, 0.717) is 56.0 Å². The Labute approximate surface area is 230 Å². The van der Waals surface area contributed by atoms with Crippen LogP contribution >= 0.6 is 12.2 Å². The van der Waals surface area contributed by atoms with E-state index in [0.717, 1.165) is 17.0 Å². The second kappa shape index (κ2) is 11.5. The van der Waals surface area contributed by atoms with Crippen LogP contribution in [-0.4, -0.2) is 61.8 Å². The van der Waals surface area contributed by atoms with Crippen molar-refractivity contribution in [3.05, 3.63) is 88.3 Å². The molecule has 1 aliphatic rings. The Bertz CT molecular complexity index is 1550. The predicted octanol–water partition coefficient (Wildman–Crippen LogP) is 3.61. The molecule has 0 bridgehead atoms. The van der Waals surface area contributed by atoms with Gasteiger partial charge in [0.25, 0.3) is 0 Å². The first-order chi connectivity index (χ1) is 18.9. The summed E-state index contributed by atoms with van der Waals surface area (Å²) in [5.41, 5.74) is 1.55. The van der Waals surface area contributed by atoms with Gasteiger partial charge in [0, 0.05) is 50.8 Å². The van der Waals surface area contributed by atoms with Crippen LogP contribution in [0.5, 0.6) is 5.75 Å². The standard InChI is InChI=1S/C28H28N6O4S/c1-2-32-17-23(26(36)37)24(35)22-16-29-27(31-25(22)32)33-12-14-34(15-13-33)28(39)30-20-8-10-21(11-9-20)38-18-19-6-4-3-5-7-19/h3-11,16-17H,2,12-15,18H2,1H3,(H,30,39)(H,36,37). The molecule has 1 fully saturated rings. The normalized spacial score (nSPS) is 13.4. The maximum absolute atomic E-state index is 12.6. The highest BCUT2D eigenvalue weighted by molar-refractivity contribution is 7.80. The average Bonchev–Trinajstić information content (AvgIpc) is 2.97. The number of piperazine rings is 1. The number of carbonyl (C=O) groups is 1. The van der Waals surface area contributed by atoms with Gasteiger partial charge in [0.1, 0.15) is 23.6 Å². The van der Waals surface area contributed by atoms with E-state index in [1.165, 1.54) is 12.4 Å². The number of nitrogens with one attached hydrogen (secondary N) is 1. The number of anilines is 2. The van der Waals surface area contributed by atoms with Gasteiger partial charge in [-0.2, -0.15) is 4.98 Å². The van der Waals surface area contributed by atoms with Crippen molar-refractivity contribution in [2.24, 2.45) is 0 Å². The maximum atomic E-state index is 12.6. The molecule has 0 unspecified atom stereocenters. The van der Waals surface area contributed by atoms with E-state index in [1.54, 1.807) is 4.57 Å². The van der Waals surface area contributed by atoms with Crippen molar-refractivity contribution in [3.63, 3.8) is 0 Å². The Balaban J connectivity index is 1.19. The number of hydrogen-bond donors (Lipinski definition) is 2. The van der Waals surface area contributed by atoms with Crippen LogP contribution in [0.3, 0.4) is 0 Å². The number of fused-ring (bicyclic) bond motifs is 1. The van der Waals surface area contributed by atoms with Crippen molar-refractivity contribution in [3.8, 4) is 5.75 Å². The molecule has 2 aromatic heterocycles. The van der Waals surface area contributed by atoms with Gasteiger partial charge < -0.3 is 29.5 Å². The second-order valence-corrected chi connectivity index (χ2v) is 9.46. The highest BCUT2D eigenvalue weighted by Crippen LogP contribution is 2.19. The van der Waals surface area contributed by atoms with Crippen LogP contribution < -0.4 is 20.4 Å². The van der Waals surface area contributed by atoms with Gasteiger partial charge in [0.2, 0.25) is 11.4 Å². The van der Waals surface area contributed by atoms with Gasteiger partial charge in [-0.3, -0.25) is 4.79 Å². The molecule has 0 atom stereocenters. The fraction of sp³-hybridized carbons (Fsp3) is 0.250. The molecule has 0 saturated carbocycles. The molecule has 5 rings (SSSR count). The van der Waals surface area contributed by atoms with Crippen molar-refractivity contribution >= 4 is 46.0 Å². The van der Waals surface area contributed by atoms with Gasteiger partial charge in [0.05, 0.1) is 5.39 Å². The zero-order valence-corrected chi connectivity index (χ0v) is 22.2. The molecular weight excluding hydrogens is 516 g/mol. The van der Waals surface area contributed by atoms with Crippen LogP contribution in [0.4, 0.5) is 11.6 Å². The number of thiocarbonyl (C=S) groups is 1. The number of carboxylic acid groups (broad SMARTS) is 1. The van der Waals surface area contributed by atoms with E-state index in [1.807, 2.05) is 66.4 Å². The monoisotopic (exact) mass is 544 g/mol. The molecule has 0 aliphatic carbocycles. The number of pyridine rings is 1. The summed E-state index contributed by atoms with van der Waals surface area (Å²) in [6.07, 6.45) is 2.76. The molecule has 0 spiro atoms. The Hall–Kier alpha value is -4.51. The lowest BCUT2D eigenvalue weighted by Gasteiger charge is -2.36. The minimum absolute atomic E-state index is 0.195. The highest BCUT2D eigenvalue weighted by atomic mass is 32.1. The van der Waals surface area contributed by atoms with Crippen LogP contribution in [0.2, 0.25) is 0 Å². The summed E-state index contributed by atoms with van der Waals surface area (Å²) < 4.78 is 7.52. The number of aromatic nitrogens is 3. The van der Waals surface area contributed by atoms with Crippen molar-refractivity contribution in [2.75, 3.05) is 36.4 Å². The summed E-state index contributed by atoms with van der Waals surface area (Å²) in [6.45, 7) is 5.48. The van der Waals surface area contributed by atoms with Crippen molar-refractivity contribution < 1.29 is 14.6 Å². The smallest absolute Gasteiger partial charge is 0.341 e. The van der Waals surface area contributed by atoms with E-state index < -0.39 is 11.4 Å². The Morgan fingerprint density at radius 3 is 2.46 bits per heavy atom. The molecular formula is C28H28N6O4S. The summed E-state index contributed by atoms with van der Waals surface area (Å²) in [6, 6.07) is 17.7. The third-order valence-electron chi connectivity index (χ3n) is 6.58. The van der Waals surface area contributed by atoms with Crippen LogP contribution in [-0.2, 0) is 13.2 Å². The fourth-order valence-electron chi connectivity index (χ4n) is 4.40. The maximum Gasteiger partial charge on any atom is 0.341 e. The van der Waals surface area contributed by atoms with Crippen LogP contribution in [0.1, 0.15) is 22.8 Å². The van der Waals surface area contributed by atoms with Crippen molar-refractivity contribution in [1.82, 2.24) is 19.4 Å². The fourth-order valence-corrected chi connectivity index (χ4v) is 4.70. The van der Waals surface area contributed by atoms with E-state index in [4.69, 9.17) is 17.0 Å². The molecule has 39 heavy (non-hydrogen) atoms. The molecule has 10 nitrogen and oxygen atoms in total. The molecule has 3 heterocycles. The molecule has 0 radical (unpaired) electrons. The predicted molar refractivity (Wildman–Crippen MR) is 154 cm³/mol. The third-order valence-corrected chi connectivity index (χ3v) is 6.94. The highest BCUT2D eigenvalue weighted by Gasteiger charge is 2.22. The number of hydrogen-bond acceptors (Lipinski definition) is 7. The van der Waals surface area contributed by atoms with Gasteiger partial charge in [-0.25, -0.2) is 9.78 Å². The number of aryl methyl sites for hydroxylation is 1. The Morgan fingerprint density at radius 2 is 1.79 bits per heavy atom. The topological polar surface area (TPSA) is 113 Å². The summed E-state index contributed by atoms with van der Waals surface area (Å²) in [5, 5.41) is 13.5. The molecule has 2 aromatic carbocycles. The summed E-state index contributed by atoms with van der Waals surface area (Å²) in [4.78, 5) is 37.2. The summed E-state index contributed by atoms with van der Waals surface area (Å²) in [5.74, 6) is 0.0185. The zero-order valence-electron chi connectivity index (χ0n) is 21.4. The Kier molecular flexibility index (Phi) is 7.69. The zero-order chi connectivity index (χ0) is 27.4. The number of benzene rings is 2. The van der Waals surface area contributed by atoms with Crippen LogP contribution in [0.15, 0.2) is 71.8 Å². The molecule has 2 N–H and O–H groups in total. The minimum Gasteiger partial charge on any atom is -0.489 e. The second-order valence-electron chi connectivity index (χ2n) is 9.07. The first-order valence-electron chi connectivity index (χ1n) is 12.6. The minimum atomic E-state index is -1.26. The largest absolute Gasteiger partial charge is 0.489 e. The van der Waals surface area contributed by atoms with Gasteiger partial charge in [-0.05, 0) is 49.0 Å². The van der Waals surface area contributed by atoms with E-state index >= 15 is 0 Å². The molecule has 1 saturated heterocycles. The SMILES string of the molecule is CCn1cc(C(=O)O)c(=O)c2cnc(N3CCN(C(=S)Nc4ccc(OCc5ccccc5)cc4)CC3)nc21. The quantitative estimate of drug-likeness (QED) is 0.335. The molecule has 1 aliphatic heterocycles.